The number of rotatable bonds is 16. The predicted octanol–water partition coefficient (Wildman–Crippen LogP) is 5.52. The molecule has 0 bridgehead atoms. The molecule has 1 N–H and O–H groups in total. The number of aryl methyl sites for hydroxylation is 1. The Morgan fingerprint density at radius 2 is 1.17 bits per heavy atom. The summed E-state index contributed by atoms with van der Waals surface area (Å²) in [6.45, 7) is 2.28. The summed E-state index contributed by atoms with van der Waals surface area (Å²) >= 11 is 0. The van der Waals surface area contributed by atoms with Crippen molar-refractivity contribution >= 4 is 0 Å². The molecule has 1 heterocycles. The van der Waals surface area contributed by atoms with Gasteiger partial charge in [0.25, 0.3) is 0 Å². The summed E-state index contributed by atoms with van der Waals surface area (Å²) in [5, 5.41) is 6.54. The molecule has 4 nitrogen and oxygen atoms in total. The predicted molar refractivity (Wildman–Crippen MR) is 102 cm³/mol. The zero-order valence-electron chi connectivity index (χ0n) is 16.1. The van der Waals surface area contributed by atoms with E-state index in [1.807, 2.05) is 0 Å². The van der Waals surface area contributed by atoms with Crippen molar-refractivity contribution in [1.29, 1.82) is 0 Å². The van der Waals surface area contributed by atoms with Gasteiger partial charge >= 0.3 is 5.69 Å². The molecule has 0 aliphatic carbocycles. The zero-order chi connectivity index (χ0) is 17.5. The molecular weight excluding hydrogens is 298 g/mol. The van der Waals surface area contributed by atoms with E-state index < -0.39 is 0 Å². The molecule has 0 atom stereocenters. The van der Waals surface area contributed by atoms with Crippen LogP contribution in [-0.2, 0) is 13.5 Å². The number of aromatic amines is 1. The number of aromatic nitrogens is 3. The van der Waals surface area contributed by atoms with Gasteiger partial charge in [0.15, 0.2) is 0 Å². The molecule has 0 saturated heterocycles. The number of H-pyrrole nitrogens is 1. The van der Waals surface area contributed by atoms with Gasteiger partial charge in [-0.2, -0.15) is 5.10 Å². The van der Waals surface area contributed by atoms with Crippen LogP contribution in [0.4, 0.5) is 0 Å². The van der Waals surface area contributed by atoms with E-state index in [-0.39, 0.29) is 5.69 Å². The molecule has 1 aromatic heterocycles. The number of nitrogens with one attached hydrogen (secondary N) is 1. The van der Waals surface area contributed by atoms with Crippen molar-refractivity contribution in [2.45, 2.75) is 110 Å². The maximum atomic E-state index is 11.2. The van der Waals surface area contributed by atoms with E-state index in [4.69, 9.17) is 0 Å². The summed E-state index contributed by atoms with van der Waals surface area (Å²) in [6.07, 6.45) is 21.6. The first-order chi connectivity index (χ1) is 11.8. The van der Waals surface area contributed by atoms with Gasteiger partial charge in [-0.25, -0.2) is 9.89 Å². The minimum Gasteiger partial charge on any atom is -0.282 e. The summed E-state index contributed by atoms with van der Waals surface area (Å²) in [6, 6.07) is 0. The summed E-state index contributed by atoms with van der Waals surface area (Å²) in [4.78, 5) is 11.2. The van der Waals surface area contributed by atoms with Crippen LogP contribution in [0.2, 0.25) is 0 Å². The Kier molecular flexibility index (Phi) is 12.5. The van der Waals surface area contributed by atoms with Crippen LogP contribution in [0.25, 0.3) is 0 Å². The van der Waals surface area contributed by atoms with Gasteiger partial charge in [-0.1, -0.05) is 96.8 Å². The lowest BCUT2D eigenvalue weighted by Crippen LogP contribution is -2.14. The van der Waals surface area contributed by atoms with Crippen LogP contribution in [0.1, 0.15) is 109 Å². The van der Waals surface area contributed by atoms with E-state index in [2.05, 4.69) is 17.1 Å². The maximum absolute atomic E-state index is 11.2. The fourth-order valence-electron chi connectivity index (χ4n) is 3.26. The normalized spacial score (nSPS) is 11.2. The fourth-order valence-corrected chi connectivity index (χ4v) is 3.26. The molecule has 24 heavy (non-hydrogen) atoms. The van der Waals surface area contributed by atoms with Crippen LogP contribution in [0, 0.1) is 0 Å². The smallest absolute Gasteiger partial charge is 0.282 e. The van der Waals surface area contributed by atoms with E-state index in [0.717, 1.165) is 18.7 Å². The van der Waals surface area contributed by atoms with E-state index in [1.54, 1.807) is 11.6 Å². The highest BCUT2D eigenvalue weighted by Crippen LogP contribution is 2.13. The van der Waals surface area contributed by atoms with Crippen LogP contribution < -0.4 is 5.69 Å². The molecule has 0 saturated carbocycles. The largest absolute Gasteiger partial charge is 0.343 e. The highest BCUT2D eigenvalue weighted by Gasteiger charge is 2.02. The van der Waals surface area contributed by atoms with Crippen LogP contribution in [0.5, 0.6) is 0 Å². The number of hydrogen-bond acceptors (Lipinski definition) is 2. The molecule has 0 radical (unpaired) electrons. The summed E-state index contributed by atoms with van der Waals surface area (Å²) in [5.74, 6) is 0.884. The monoisotopic (exact) mass is 337 g/mol. The minimum absolute atomic E-state index is 0.106. The van der Waals surface area contributed by atoms with Gasteiger partial charge in [-0.3, -0.25) is 4.57 Å². The Morgan fingerprint density at radius 3 is 1.54 bits per heavy atom. The number of hydrogen-bond donors (Lipinski definition) is 1. The second-order valence-electron chi connectivity index (χ2n) is 7.20. The molecule has 1 rings (SSSR count). The Hall–Kier alpha value is -1.06. The molecule has 140 valence electrons. The standard InChI is InChI=1S/C20H39N3O/c1-3-4-5-6-7-8-9-10-11-12-13-14-15-16-17-18-19-21-22-20(24)23(19)2/h3-18H2,1-2H3,(H,22,24). The van der Waals surface area contributed by atoms with Gasteiger partial charge in [0.1, 0.15) is 5.82 Å². The molecule has 4 heteroatoms. The van der Waals surface area contributed by atoms with Crippen molar-refractivity contribution in [1.82, 2.24) is 14.8 Å². The van der Waals surface area contributed by atoms with Gasteiger partial charge < -0.3 is 0 Å². The first-order valence-electron chi connectivity index (χ1n) is 10.4. The van der Waals surface area contributed by atoms with Crippen LogP contribution >= 0.6 is 0 Å². The fraction of sp³-hybridized carbons (Fsp3) is 0.900. The SMILES string of the molecule is CCCCCCCCCCCCCCCCCc1n[nH]c(=O)n1C. The first-order valence-corrected chi connectivity index (χ1v) is 10.4. The Balaban J connectivity index is 1.78. The molecule has 1 aromatic rings. The minimum atomic E-state index is -0.106. The molecule has 0 aliphatic rings. The second kappa shape index (κ2) is 14.3. The van der Waals surface area contributed by atoms with Gasteiger partial charge in [-0.05, 0) is 6.42 Å². The second-order valence-corrected chi connectivity index (χ2v) is 7.20. The summed E-state index contributed by atoms with van der Waals surface area (Å²) in [7, 11) is 1.78. The molecule has 0 spiro atoms. The van der Waals surface area contributed by atoms with Crippen molar-refractivity contribution in [2.75, 3.05) is 0 Å². The van der Waals surface area contributed by atoms with Gasteiger partial charge in [0.05, 0.1) is 0 Å². The highest BCUT2D eigenvalue weighted by molar-refractivity contribution is 4.84. The van der Waals surface area contributed by atoms with Crippen molar-refractivity contribution in [3.8, 4) is 0 Å². The van der Waals surface area contributed by atoms with Gasteiger partial charge in [0.2, 0.25) is 0 Å². The van der Waals surface area contributed by atoms with Crippen molar-refractivity contribution in [3.63, 3.8) is 0 Å². The van der Waals surface area contributed by atoms with Crippen molar-refractivity contribution < 1.29 is 0 Å². The van der Waals surface area contributed by atoms with E-state index >= 15 is 0 Å². The Morgan fingerprint density at radius 1 is 0.750 bits per heavy atom. The number of nitrogens with zero attached hydrogens (tertiary/aromatic N) is 2. The highest BCUT2D eigenvalue weighted by atomic mass is 16.1. The molecule has 0 amide bonds. The average Bonchev–Trinajstić information content (AvgIpc) is 2.90. The van der Waals surface area contributed by atoms with Crippen LogP contribution in [0.15, 0.2) is 4.79 Å². The third kappa shape index (κ3) is 9.94. The van der Waals surface area contributed by atoms with Crippen molar-refractivity contribution in [2.24, 2.45) is 7.05 Å². The third-order valence-corrected chi connectivity index (χ3v) is 4.98. The Labute approximate surface area is 148 Å². The van der Waals surface area contributed by atoms with Gasteiger partial charge in [0, 0.05) is 13.5 Å². The van der Waals surface area contributed by atoms with Crippen molar-refractivity contribution in [3.05, 3.63) is 16.3 Å². The zero-order valence-corrected chi connectivity index (χ0v) is 16.1. The molecule has 0 aromatic carbocycles. The van der Waals surface area contributed by atoms with E-state index in [1.165, 1.54) is 89.9 Å². The number of unbranched alkanes of at least 4 members (excludes halogenated alkanes) is 14. The molecule has 0 unspecified atom stereocenters. The van der Waals surface area contributed by atoms with Crippen LogP contribution in [-0.4, -0.2) is 14.8 Å². The molecule has 0 fully saturated rings. The topological polar surface area (TPSA) is 50.7 Å². The average molecular weight is 338 g/mol. The quantitative estimate of drug-likeness (QED) is 0.404. The lowest BCUT2D eigenvalue weighted by Gasteiger charge is -2.03. The lowest BCUT2D eigenvalue weighted by molar-refractivity contribution is 0.530. The maximum Gasteiger partial charge on any atom is 0.343 e. The molecule has 0 aliphatic heterocycles. The Bertz CT molecular complexity index is 450. The lowest BCUT2D eigenvalue weighted by atomic mass is 10.0. The van der Waals surface area contributed by atoms with E-state index in [9.17, 15) is 4.79 Å². The molecular formula is C20H39N3O. The van der Waals surface area contributed by atoms with Gasteiger partial charge in [-0.15, -0.1) is 0 Å². The van der Waals surface area contributed by atoms with Crippen LogP contribution in [0.3, 0.4) is 0 Å². The van der Waals surface area contributed by atoms with E-state index in [0.29, 0.717) is 0 Å². The summed E-state index contributed by atoms with van der Waals surface area (Å²) in [5.41, 5.74) is -0.106. The first kappa shape index (κ1) is 21.0. The summed E-state index contributed by atoms with van der Waals surface area (Å²) < 4.78 is 1.61. The third-order valence-electron chi connectivity index (χ3n) is 4.98.